The Bertz CT molecular complexity index is 1350. The van der Waals surface area contributed by atoms with E-state index in [1.807, 2.05) is 32.0 Å². The zero-order valence-corrected chi connectivity index (χ0v) is 19.5. The molecule has 1 aliphatic rings. The zero-order valence-electron chi connectivity index (χ0n) is 18.7. The van der Waals surface area contributed by atoms with Crippen molar-refractivity contribution < 1.29 is 18.1 Å². The van der Waals surface area contributed by atoms with E-state index >= 15 is 0 Å². The van der Waals surface area contributed by atoms with Crippen LogP contribution in [0.4, 0.5) is 22.7 Å². The molecule has 1 saturated carbocycles. The molecule has 1 aliphatic carbocycles. The average Bonchev–Trinajstić information content (AvgIpc) is 3.61. The number of amides is 1. The third-order valence-electron chi connectivity index (χ3n) is 5.53. The van der Waals surface area contributed by atoms with E-state index in [0.717, 1.165) is 24.0 Å². The second kappa shape index (κ2) is 9.14. The number of benzene rings is 3. The fourth-order valence-electron chi connectivity index (χ4n) is 3.48. The number of carbonyl (C=O) groups is 1. The summed E-state index contributed by atoms with van der Waals surface area (Å²) in [6.45, 7) is 3.64. The average molecular weight is 481 g/mol. The summed E-state index contributed by atoms with van der Waals surface area (Å²) in [5, 5.41) is 17.2. The normalized spacial score (nSPS) is 13.2. The van der Waals surface area contributed by atoms with E-state index in [4.69, 9.17) is 0 Å². The summed E-state index contributed by atoms with van der Waals surface area (Å²) in [5.41, 5.74) is 2.84. The van der Waals surface area contributed by atoms with Crippen LogP contribution in [0.2, 0.25) is 0 Å². The zero-order chi connectivity index (χ0) is 24.5. The molecule has 0 aromatic heterocycles. The maximum Gasteiger partial charge on any atom is 0.293 e. The molecule has 0 atom stereocenters. The van der Waals surface area contributed by atoms with Crippen molar-refractivity contribution in [3.63, 3.8) is 0 Å². The Morgan fingerprint density at radius 3 is 2.24 bits per heavy atom. The van der Waals surface area contributed by atoms with E-state index in [0.29, 0.717) is 17.1 Å². The number of nitro benzene ring substituents is 1. The van der Waals surface area contributed by atoms with Crippen molar-refractivity contribution in [2.75, 3.05) is 15.4 Å². The van der Waals surface area contributed by atoms with Gasteiger partial charge in [-0.05, 0) is 74.2 Å². The van der Waals surface area contributed by atoms with Crippen LogP contribution < -0.4 is 15.4 Å². The predicted molar refractivity (Wildman–Crippen MR) is 131 cm³/mol. The van der Waals surface area contributed by atoms with Crippen molar-refractivity contribution in [2.45, 2.75) is 37.6 Å². The number of aryl methyl sites for hydroxylation is 2. The molecule has 34 heavy (non-hydrogen) atoms. The minimum atomic E-state index is -3.83. The van der Waals surface area contributed by atoms with Crippen molar-refractivity contribution >= 4 is 38.7 Å². The second-order valence-corrected chi connectivity index (χ2v) is 9.94. The molecule has 1 fully saturated rings. The number of hydrogen-bond donors (Lipinski definition) is 3. The summed E-state index contributed by atoms with van der Waals surface area (Å²) in [6, 6.07) is 15.7. The van der Waals surface area contributed by atoms with E-state index in [2.05, 4.69) is 15.4 Å². The first-order valence-corrected chi connectivity index (χ1v) is 12.2. The summed E-state index contributed by atoms with van der Waals surface area (Å²) in [5.74, 6) is -0.537. The summed E-state index contributed by atoms with van der Waals surface area (Å²) in [4.78, 5) is 23.6. The van der Waals surface area contributed by atoms with Gasteiger partial charge in [0, 0.05) is 23.4 Å². The molecule has 0 bridgehead atoms. The summed E-state index contributed by atoms with van der Waals surface area (Å²) < 4.78 is 28.2. The van der Waals surface area contributed by atoms with Crippen LogP contribution in [-0.2, 0) is 10.0 Å². The lowest BCUT2D eigenvalue weighted by molar-refractivity contribution is -0.384. The number of carbonyl (C=O) groups excluding carboxylic acids is 1. The molecule has 3 aromatic carbocycles. The van der Waals surface area contributed by atoms with Crippen LogP contribution >= 0.6 is 0 Å². The van der Waals surface area contributed by atoms with E-state index in [-0.39, 0.29) is 22.2 Å². The van der Waals surface area contributed by atoms with E-state index in [1.54, 1.807) is 0 Å². The fourth-order valence-corrected chi connectivity index (χ4v) is 4.69. The monoisotopic (exact) mass is 480 g/mol. The fraction of sp³-hybridized carbons (Fsp3) is 0.208. The molecule has 9 nitrogen and oxygen atoms in total. The first kappa shape index (κ1) is 23.2. The van der Waals surface area contributed by atoms with Gasteiger partial charge in [0.1, 0.15) is 5.69 Å². The molecule has 0 heterocycles. The van der Waals surface area contributed by atoms with Crippen LogP contribution in [0.5, 0.6) is 0 Å². The highest BCUT2D eigenvalue weighted by Crippen LogP contribution is 2.32. The minimum absolute atomic E-state index is 0.0410. The number of nitrogens with one attached hydrogen (secondary N) is 3. The van der Waals surface area contributed by atoms with Gasteiger partial charge in [-0.15, -0.1) is 0 Å². The lowest BCUT2D eigenvalue weighted by atomic mass is 10.1. The number of para-hydroxylation sites is 1. The van der Waals surface area contributed by atoms with Crippen molar-refractivity contribution in [1.29, 1.82) is 0 Å². The van der Waals surface area contributed by atoms with E-state index in [9.17, 15) is 23.3 Å². The van der Waals surface area contributed by atoms with Gasteiger partial charge in [-0.25, -0.2) is 8.42 Å². The molecule has 0 unspecified atom stereocenters. The molecular formula is C24H24N4O5S. The van der Waals surface area contributed by atoms with Crippen LogP contribution in [0.15, 0.2) is 65.6 Å². The Morgan fingerprint density at radius 1 is 1.00 bits per heavy atom. The van der Waals surface area contributed by atoms with Crippen molar-refractivity contribution in [1.82, 2.24) is 0 Å². The van der Waals surface area contributed by atoms with E-state index < -0.39 is 20.9 Å². The van der Waals surface area contributed by atoms with Gasteiger partial charge in [0.15, 0.2) is 0 Å². The summed E-state index contributed by atoms with van der Waals surface area (Å²) >= 11 is 0. The van der Waals surface area contributed by atoms with Gasteiger partial charge in [-0.2, -0.15) is 0 Å². The predicted octanol–water partition coefficient (Wildman–Crippen LogP) is 4.84. The Hall–Kier alpha value is -3.92. The van der Waals surface area contributed by atoms with Crippen molar-refractivity contribution in [3.8, 4) is 0 Å². The number of nitrogens with zero attached hydrogens (tertiary/aromatic N) is 1. The maximum absolute atomic E-state index is 12.8. The molecule has 0 saturated heterocycles. The standard InChI is InChI=1S/C24H24N4O5S/c1-15-4-3-5-16(2)23(15)27-34(32,33)20-11-9-19(10-12-20)26-24(29)17-6-13-21(25-18-7-8-18)22(14-17)28(30)31/h3-6,9-14,18,25,27H,7-8H2,1-2H3,(H,26,29). The van der Waals surface area contributed by atoms with Gasteiger partial charge < -0.3 is 10.6 Å². The molecule has 1 amide bonds. The Kier molecular flexibility index (Phi) is 6.25. The van der Waals surface area contributed by atoms with Gasteiger partial charge in [0.05, 0.1) is 15.5 Å². The van der Waals surface area contributed by atoms with Crippen molar-refractivity contribution in [2.24, 2.45) is 0 Å². The topological polar surface area (TPSA) is 130 Å². The number of hydrogen-bond acceptors (Lipinski definition) is 6. The number of nitro groups is 1. The molecule has 3 N–H and O–H groups in total. The van der Waals surface area contributed by atoms with Gasteiger partial charge in [-0.3, -0.25) is 19.6 Å². The lowest BCUT2D eigenvalue weighted by Gasteiger charge is -2.13. The number of anilines is 3. The van der Waals surface area contributed by atoms with Crippen LogP contribution in [0.1, 0.15) is 34.3 Å². The highest BCUT2D eigenvalue weighted by Gasteiger charge is 2.25. The van der Waals surface area contributed by atoms with Gasteiger partial charge in [0.25, 0.3) is 21.6 Å². The summed E-state index contributed by atoms with van der Waals surface area (Å²) in [7, 11) is -3.83. The van der Waals surface area contributed by atoms with Crippen LogP contribution in [0.3, 0.4) is 0 Å². The van der Waals surface area contributed by atoms with Gasteiger partial charge >= 0.3 is 0 Å². The lowest BCUT2D eigenvalue weighted by Crippen LogP contribution is -2.15. The van der Waals surface area contributed by atoms with Gasteiger partial charge in [-0.1, -0.05) is 18.2 Å². The van der Waals surface area contributed by atoms with Crippen LogP contribution in [0.25, 0.3) is 0 Å². The molecule has 0 aliphatic heterocycles. The molecule has 10 heteroatoms. The molecule has 0 radical (unpaired) electrons. The highest BCUT2D eigenvalue weighted by atomic mass is 32.2. The molecule has 176 valence electrons. The van der Waals surface area contributed by atoms with Gasteiger partial charge in [0.2, 0.25) is 0 Å². The molecule has 4 rings (SSSR count). The highest BCUT2D eigenvalue weighted by molar-refractivity contribution is 7.92. The summed E-state index contributed by atoms with van der Waals surface area (Å²) in [6.07, 6.45) is 1.93. The van der Waals surface area contributed by atoms with E-state index in [1.165, 1.54) is 42.5 Å². The Labute approximate surface area is 197 Å². The Morgan fingerprint density at radius 2 is 1.65 bits per heavy atom. The SMILES string of the molecule is Cc1cccc(C)c1NS(=O)(=O)c1ccc(NC(=O)c2ccc(NC3CC3)c([N+](=O)[O-])c2)cc1. The molecule has 0 spiro atoms. The smallest absolute Gasteiger partial charge is 0.293 e. The van der Waals surface area contributed by atoms with Crippen LogP contribution in [-0.4, -0.2) is 25.3 Å². The quantitative estimate of drug-likeness (QED) is 0.312. The third kappa shape index (κ3) is 5.18. The first-order chi connectivity index (χ1) is 16.1. The second-order valence-electron chi connectivity index (χ2n) is 8.26. The molecule has 3 aromatic rings. The maximum atomic E-state index is 12.8. The largest absolute Gasteiger partial charge is 0.377 e. The number of sulfonamides is 1. The number of rotatable bonds is 8. The first-order valence-electron chi connectivity index (χ1n) is 10.7. The minimum Gasteiger partial charge on any atom is -0.377 e. The Balaban J connectivity index is 1.48. The van der Waals surface area contributed by atoms with Crippen LogP contribution in [0, 0.1) is 24.0 Å². The van der Waals surface area contributed by atoms with Crippen molar-refractivity contribution in [3.05, 3.63) is 87.5 Å². The third-order valence-corrected chi connectivity index (χ3v) is 6.90. The molecular weight excluding hydrogens is 456 g/mol.